The number of hydrogen-bond donors (Lipinski definition) is 1. The summed E-state index contributed by atoms with van der Waals surface area (Å²) in [6.45, 7) is 6.79. The number of nitrogens with one attached hydrogen (secondary N) is 1. The second kappa shape index (κ2) is 8.91. The van der Waals surface area contributed by atoms with Gasteiger partial charge in [0.05, 0.1) is 0 Å². The van der Waals surface area contributed by atoms with Crippen LogP contribution in [0.1, 0.15) is 19.4 Å². The fourth-order valence-corrected chi connectivity index (χ4v) is 3.48. The first-order valence-electron chi connectivity index (χ1n) is 9.90. The molecule has 0 atom stereocenters. The molecule has 1 fully saturated rings. The van der Waals surface area contributed by atoms with Gasteiger partial charge in [-0.3, -0.25) is 9.59 Å². The van der Waals surface area contributed by atoms with Crippen molar-refractivity contribution in [1.29, 1.82) is 0 Å². The standard InChI is InChI=1S/C23H29N3O2/c1-23(2,21(27)24-14-13-19-9-5-3-6-10-19)22(28)26-17-15-25(16-18-26)20-11-7-4-8-12-20/h3-12H,13-18H2,1-2H3,(H,24,27). The Kier molecular flexibility index (Phi) is 6.34. The number of carbonyl (C=O) groups is 2. The van der Waals surface area contributed by atoms with Crippen LogP contribution >= 0.6 is 0 Å². The molecule has 5 nitrogen and oxygen atoms in total. The van der Waals surface area contributed by atoms with Crippen LogP contribution in [0.3, 0.4) is 0 Å². The van der Waals surface area contributed by atoms with Gasteiger partial charge >= 0.3 is 0 Å². The molecule has 28 heavy (non-hydrogen) atoms. The normalized spacial score (nSPS) is 14.6. The molecule has 0 saturated carbocycles. The van der Waals surface area contributed by atoms with E-state index >= 15 is 0 Å². The minimum absolute atomic E-state index is 0.0996. The van der Waals surface area contributed by atoms with Gasteiger partial charge in [-0.05, 0) is 38.0 Å². The van der Waals surface area contributed by atoms with Crippen LogP contribution in [0.5, 0.6) is 0 Å². The molecule has 2 amide bonds. The molecule has 0 unspecified atom stereocenters. The summed E-state index contributed by atoms with van der Waals surface area (Å²) in [5.74, 6) is -0.309. The third-order valence-electron chi connectivity index (χ3n) is 5.33. The van der Waals surface area contributed by atoms with Crippen LogP contribution in [-0.4, -0.2) is 49.4 Å². The van der Waals surface area contributed by atoms with Gasteiger partial charge in [-0.15, -0.1) is 0 Å². The van der Waals surface area contributed by atoms with E-state index in [9.17, 15) is 9.59 Å². The number of nitrogens with zero attached hydrogens (tertiary/aromatic N) is 2. The topological polar surface area (TPSA) is 52.7 Å². The molecule has 0 aromatic heterocycles. The monoisotopic (exact) mass is 379 g/mol. The number of carbonyl (C=O) groups excluding carboxylic acids is 2. The second-order valence-electron chi connectivity index (χ2n) is 7.73. The summed E-state index contributed by atoms with van der Waals surface area (Å²) in [6, 6.07) is 20.2. The van der Waals surface area contributed by atoms with Gasteiger partial charge in [0.2, 0.25) is 11.8 Å². The van der Waals surface area contributed by atoms with Crippen molar-refractivity contribution in [3.8, 4) is 0 Å². The molecule has 3 rings (SSSR count). The van der Waals surface area contributed by atoms with Crippen molar-refractivity contribution in [2.24, 2.45) is 5.41 Å². The summed E-state index contributed by atoms with van der Waals surface area (Å²) in [4.78, 5) is 29.7. The summed E-state index contributed by atoms with van der Waals surface area (Å²) >= 11 is 0. The first-order valence-corrected chi connectivity index (χ1v) is 9.90. The zero-order valence-corrected chi connectivity index (χ0v) is 16.7. The van der Waals surface area contributed by atoms with E-state index in [1.165, 1.54) is 11.3 Å². The summed E-state index contributed by atoms with van der Waals surface area (Å²) < 4.78 is 0. The van der Waals surface area contributed by atoms with Crippen molar-refractivity contribution in [2.75, 3.05) is 37.6 Å². The largest absolute Gasteiger partial charge is 0.368 e. The quantitative estimate of drug-likeness (QED) is 0.785. The Morgan fingerprint density at radius 2 is 1.46 bits per heavy atom. The van der Waals surface area contributed by atoms with E-state index in [1.807, 2.05) is 53.4 Å². The summed E-state index contributed by atoms with van der Waals surface area (Å²) in [6.07, 6.45) is 0.757. The van der Waals surface area contributed by atoms with Crippen LogP contribution in [-0.2, 0) is 16.0 Å². The number of benzene rings is 2. The van der Waals surface area contributed by atoms with Crippen molar-refractivity contribution in [3.63, 3.8) is 0 Å². The fraction of sp³-hybridized carbons (Fsp3) is 0.391. The van der Waals surface area contributed by atoms with Crippen molar-refractivity contribution < 1.29 is 9.59 Å². The van der Waals surface area contributed by atoms with Gasteiger partial charge < -0.3 is 15.1 Å². The molecular weight excluding hydrogens is 350 g/mol. The van der Waals surface area contributed by atoms with Crippen LogP contribution in [0.15, 0.2) is 60.7 Å². The molecule has 2 aromatic carbocycles. The first-order chi connectivity index (χ1) is 13.5. The van der Waals surface area contributed by atoms with Crippen LogP contribution in [0.4, 0.5) is 5.69 Å². The molecule has 1 saturated heterocycles. The molecule has 148 valence electrons. The lowest BCUT2D eigenvalue weighted by Gasteiger charge is -2.39. The molecule has 0 bridgehead atoms. The van der Waals surface area contributed by atoms with Gasteiger partial charge in [-0.2, -0.15) is 0 Å². The number of para-hydroxylation sites is 1. The Balaban J connectivity index is 1.50. The lowest BCUT2D eigenvalue weighted by molar-refractivity contribution is -0.148. The van der Waals surface area contributed by atoms with Gasteiger partial charge in [-0.25, -0.2) is 0 Å². The van der Waals surface area contributed by atoms with E-state index in [0.29, 0.717) is 19.6 Å². The van der Waals surface area contributed by atoms with Gasteiger partial charge in [-0.1, -0.05) is 48.5 Å². The molecule has 2 aromatic rings. The average molecular weight is 380 g/mol. The van der Waals surface area contributed by atoms with Crippen molar-refractivity contribution in [2.45, 2.75) is 20.3 Å². The highest BCUT2D eigenvalue weighted by Gasteiger charge is 2.39. The lowest BCUT2D eigenvalue weighted by Crippen LogP contribution is -2.55. The maximum Gasteiger partial charge on any atom is 0.237 e. The predicted molar refractivity (Wildman–Crippen MR) is 112 cm³/mol. The van der Waals surface area contributed by atoms with E-state index < -0.39 is 5.41 Å². The molecule has 1 aliphatic rings. The number of piperazine rings is 1. The van der Waals surface area contributed by atoms with Gasteiger partial charge in [0, 0.05) is 38.4 Å². The van der Waals surface area contributed by atoms with Crippen molar-refractivity contribution in [1.82, 2.24) is 10.2 Å². The molecule has 1 aliphatic heterocycles. The lowest BCUT2D eigenvalue weighted by atomic mass is 9.90. The maximum atomic E-state index is 13.0. The molecule has 5 heteroatoms. The van der Waals surface area contributed by atoms with E-state index in [0.717, 1.165) is 19.5 Å². The molecule has 0 spiro atoms. The Morgan fingerprint density at radius 3 is 2.07 bits per heavy atom. The smallest absolute Gasteiger partial charge is 0.237 e. The Morgan fingerprint density at radius 1 is 0.893 bits per heavy atom. The fourth-order valence-electron chi connectivity index (χ4n) is 3.48. The highest BCUT2D eigenvalue weighted by atomic mass is 16.2. The SMILES string of the molecule is CC(C)(C(=O)NCCc1ccccc1)C(=O)N1CCN(c2ccccc2)CC1. The highest BCUT2D eigenvalue weighted by Crippen LogP contribution is 2.22. The summed E-state index contributed by atoms with van der Waals surface area (Å²) in [7, 11) is 0. The number of anilines is 1. The van der Waals surface area contributed by atoms with Crippen LogP contribution in [0.25, 0.3) is 0 Å². The van der Waals surface area contributed by atoms with Gasteiger partial charge in [0.15, 0.2) is 0 Å². The Hall–Kier alpha value is -2.82. The average Bonchev–Trinajstić information content (AvgIpc) is 2.74. The molecule has 0 radical (unpaired) electrons. The zero-order valence-electron chi connectivity index (χ0n) is 16.7. The highest BCUT2D eigenvalue weighted by molar-refractivity contribution is 6.04. The van der Waals surface area contributed by atoms with Gasteiger partial charge in [0.1, 0.15) is 5.41 Å². The minimum atomic E-state index is -1.06. The summed E-state index contributed by atoms with van der Waals surface area (Å²) in [5, 5.41) is 2.93. The van der Waals surface area contributed by atoms with E-state index in [-0.39, 0.29) is 11.8 Å². The van der Waals surface area contributed by atoms with Crippen molar-refractivity contribution in [3.05, 3.63) is 66.2 Å². The number of hydrogen-bond acceptors (Lipinski definition) is 3. The summed E-state index contributed by atoms with van der Waals surface area (Å²) in [5.41, 5.74) is 1.28. The van der Waals surface area contributed by atoms with Crippen LogP contribution in [0.2, 0.25) is 0 Å². The minimum Gasteiger partial charge on any atom is -0.368 e. The second-order valence-corrected chi connectivity index (χ2v) is 7.73. The molecular formula is C23H29N3O2. The third-order valence-corrected chi connectivity index (χ3v) is 5.33. The maximum absolute atomic E-state index is 13.0. The number of amides is 2. The molecule has 1 N–H and O–H groups in total. The van der Waals surface area contributed by atoms with Crippen molar-refractivity contribution >= 4 is 17.5 Å². The molecule has 0 aliphatic carbocycles. The predicted octanol–water partition coefficient (Wildman–Crippen LogP) is 2.72. The van der Waals surface area contributed by atoms with E-state index in [2.05, 4.69) is 22.3 Å². The zero-order chi connectivity index (χ0) is 20.0. The number of rotatable bonds is 6. The third kappa shape index (κ3) is 4.71. The van der Waals surface area contributed by atoms with E-state index in [4.69, 9.17) is 0 Å². The molecule has 1 heterocycles. The Bertz CT molecular complexity index is 782. The first kappa shape index (κ1) is 19.9. The van der Waals surface area contributed by atoms with Crippen LogP contribution in [0, 0.1) is 5.41 Å². The van der Waals surface area contributed by atoms with Crippen LogP contribution < -0.4 is 10.2 Å². The van der Waals surface area contributed by atoms with Gasteiger partial charge in [0.25, 0.3) is 0 Å². The Labute approximate surface area is 167 Å². The van der Waals surface area contributed by atoms with E-state index in [1.54, 1.807) is 13.8 Å².